The zero-order valence-electron chi connectivity index (χ0n) is 18.4. The first-order chi connectivity index (χ1) is 16.4. The zero-order chi connectivity index (χ0) is 24.1. The van der Waals surface area contributed by atoms with Gasteiger partial charge in [-0.2, -0.15) is 5.26 Å². The number of hydrogen-bond acceptors (Lipinski definition) is 6. The highest BCUT2D eigenvalue weighted by Gasteiger charge is 2.26. The molecule has 2 heterocycles. The molecule has 2 amide bonds. The molecule has 0 saturated carbocycles. The van der Waals surface area contributed by atoms with E-state index in [9.17, 15) is 14.7 Å². The van der Waals surface area contributed by atoms with Gasteiger partial charge in [-0.15, -0.1) is 0 Å². The molecule has 9 heteroatoms. The Balaban J connectivity index is 1.22. The van der Waals surface area contributed by atoms with E-state index in [1.165, 1.54) is 6.20 Å². The third-order valence-corrected chi connectivity index (χ3v) is 6.18. The number of nitriles is 1. The van der Waals surface area contributed by atoms with Gasteiger partial charge >= 0.3 is 0 Å². The molecule has 1 saturated heterocycles. The van der Waals surface area contributed by atoms with Gasteiger partial charge in [-0.1, -0.05) is 29.8 Å². The minimum Gasteiger partial charge on any atom is -0.490 e. The Bertz CT molecular complexity index is 1150. The van der Waals surface area contributed by atoms with Crippen LogP contribution in [0.15, 0.2) is 48.7 Å². The van der Waals surface area contributed by atoms with Crippen LogP contribution in [-0.4, -0.2) is 60.2 Å². The Morgan fingerprint density at radius 1 is 1.26 bits per heavy atom. The van der Waals surface area contributed by atoms with E-state index in [0.717, 1.165) is 25.9 Å². The molecule has 2 aromatic rings. The van der Waals surface area contributed by atoms with Crippen LogP contribution in [0.1, 0.15) is 34.3 Å². The fraction of sp³-hybridized carbons (Fsp3) is 0.320. The van der Waals surface area contributed by atoms with Gasteiger partial charge in [-0.05, 0) is 31.0 Å². The fourth-order valence-electron chi connectivity index (χ4n) is 4.08. The van der Waals surface area contributed by atoms with E-state index >= 15 is 0 Å². The number of aliphatic hydroxyl groups excluding tert-OH is 1. The average molecular weight is 480 g/mol. The van der Waals surface area contributed by atoms with E-state index in [1.54, 1.807) is 42.5 Å². The van der Waals surface area contributed by atoms with Crippen molar-refractivity contribution in [2.24, 2.45) is 0 Å². The maximum absolute atomic E-state index is 12.6. The topological polar surface area (TPSA) is 117 Å². The van der Waals surface area contributed by atoms with Crippen LogP contribution in [0, 0.1) is 11.3 Å². The summed E-state index contributed by atoms with van der Waals surface area (Å²) in [6.45, 7) is 2.01. The number of carbonyl (C=O) groups is 2. The molecule has 1 atom stereocenters. The highest BCUT2D eigenvalue weighted by Crippen LogP contribution is 2.25. The highest BCUT2D eigenvalue weighted by atomic mass is 35.5. The Kier molecular flexibility index (Phi) is 7.48. The molecule has 2 N–H and O–H groups in total. The van der Waals surface area contributed by atoms with E-state index in [2.05, 4.69) is 15.5 Å². The number of halogens is 1. The van der Waals surface area contributed by atoms with Crippen molar-refractivity contribution in [1.82, 2.24) is 15.5 Å². The lowest BCUT2D eigenvalue weighted by molar-refractivity contribution is -0.116. The summed E-state index contributed by atoms with van der Waals surface area (Å²) in [7, 11) is 0. The molecule has 2 aliphatic heterocycles. The first-order valence-electron chi connectivity index (χ1n) is 11.0. The first-order valence-corrected chi connectivity index (χ1v) is 11.4. The number of piperidine rings is 1. The van der Waals surface area contributed by atoms with Crippen molar-refractivity contribution in [3.05, 3.63) is 70.4 Å². The van der Waals surface area contributed by atoms with Crippen molar-refractivity contribution in [1.29, 1.82) is 5.26 Å². The molecular formula is C25H24ClN4O4. The second kappa shape index (κ2) is 10.7. The molecule has 175 valence electrons. The summed E-state index contributed by atoms with van der Waals surface area (Å²) in [5.41, 5.74) is 1.66. The zero-order valence-corrected chi connectivity index (χ0v) is 19.2. The summed E-state index contributed by atoms with van der Waals surface area (Å²) >= 11 is 6.07. The maximum Gasteiger partial charge on any atom is 0.277 e. The second-order valence-corrected chi connectivity index (χ2v) is 8.66. The van der Waals surface area contributed by atoms with E-state index in [-0.39, 0.29) is 24.5 Å². The Labute approximate surface area is 202 Å². The van der Waals surface area contributed by atoms with Gasteiger partial charge in [0.2, 0.25) is 0 Å². The van der Waals surface area contributed by atoms with Crippen molar-refractivity contribution in [2.45, 2.75) is 25.0 Å². The minimum atomic E-state index is -0.739. The molecule has 0 bridgehead atoms. The number of β-amino-alcohol motifs (C(OH)–C–C–N with tert-alkyl or cyclic N) is 1. The smallest absolute Gasteiger partial charge is 0.277 e. The van der Waals surface area contributed by atoms with Gasteiger partial charge in [0.25, 0.3) is 11.8 Å². The lowest BCUT2D eigenvalue weighted by atomic mass is 9.96. The number of fused-ring (bicyclic) bond motifs is 1. The molecular weight excluding hydrogens is 456 g/mol. The van der Waals surface area contributed by atoms with Crippen LogP contribution in [0.4, 0.5) is 0 Å². The van der Waals surface area contributed by atoms with Crippen LogP contribution in [-0.2, 0) is 4.79 Å². The van der Waals surface area contributed by atoms with Gasteiger partial charge < -0.3 is 20.1 Å². The highest BCUT2D eigenvalue weighted by molar-refractivity contribution is 6.31. The summed E-state index contributed by atoms with van der Waals surface area (Å²) < 4.78 is 5.99. The molecule has 1 fully saturated rings. The number of aliphatic hydroxyl groups is 1. The average Bonchev–Trinajstić information content (AvgIpc) is 2.84. The number of amides is 2. The maximum atomic E-state index is 12.6. The van der Waals surface area contributed by atoms with Crippen LogP contribution >= 0.6 is 11.6 Å². The monoisotopic (exact) mass is 479 g/mol. The van der Waals surface area contributed by atoms with Crippen LogP contribution < -0.4 is 15.4 Å². The van der Waals surface area contributed by atoms with Crippen molar-refractivity contribution in [2.75, 3.05) is 26.2 Å². The van der Waals surface area contributed by atoms with Crippen LogP contribution in [0.3, 0.4) is 0 Å². The summed E-state index contributed by atoms with van der Waals surface area (Å²) in [5, 5.41) is 26.3. The van der Waals surface area contributed by atoms with Crippen LogP contribution in [0.2, 0.25) is 5.02 Å². The van der Waals surface area contributed by atoms with Crippen molar-refractivity contribution in [3.63, 3.8) is 0 Å². The lowest BCUT2D eigenvalue weighted by Gasteiger charge is -2.33. The van der Waals surface area contributed by atoms with Gasteiger partial charge in [0.05, 0.1) is 22.3 Å². The Morgan fingerprint density at radius 3 is 2.71 bits per heavy atom. The van der Waals surface area contributed by atoms with Gasteiger partial charge in [-0.3, -0.25) is 9.59 Å². The van der Waals surface area contributed by atoms with Gasteiger partial charge in [0.1, 0.15) is 17.9 Å². The summed E-state index contributed by atoms with van der Waals surface area (Å²) in [6, 6.07) is 13.9. The number of nitrogens with one attached hydrogen (secondary N) is 1. The molecule has 1 radical (unpaired) electrons. The number of ether oxygens (including phenoxy) is 1. The van der Waals surface area contributed by atoms with E-state index in [0.29, 0.717) is 39.6 Å². The predicted octanol–water partition coefficient (Wildman–Crippen LogP) is 2.33. The molecule has 0 spiro atoms. The molecule has 4 rings (SSSR count). The normalized spacial score (nSPS) is 17.1. The predicted molar refractivity (Wildman–Crippen MR) is 126 cm³/mol. The number of likely N-dealkylation sites (tertiary alicyclic amines) is 1. The van der Waals surface area contributed by atoms with Crippen molar-refractivity contribution < 1.29 is 19.4 Å². The lowest BCUT2D eigenvalue weighted by Crippen LogP contribution is -2.45. The molecule has 8 nitrogen and oxygen atoms in total. The largest absolute Gasteiger partial charge is 0.490 e. The molecule has 0 aromatic heterocycles. The van der Waals surface area contributed by atoms with Gasteiger partial charge in [-0.25, -0.2) is 5.32 Å². The fourth-order valence-corrected chi connectivity index (χ4v) is 4.29. The standard InChI is InChI=1S/C25H24ClN4O4/c26-23-11-19(6-5-16(23)12-27)34-18-7-9-30(10-8-18)15-17(31)13-28-25(33)22-14-29-24(32)21-4-2-1-3-20(21)22/h1-6,11,14,17-18,31H,7-10,13,15H2,(H,28,33)/t17-/m1/s1. The third-order valence-electron chi connectivity index (χ3n) is 5.87. The van der Waals surface area contributed by atoms with E-state index in [1.807, 2.05) is 6.07 Å². The van der Waals surface area contributed by atoms with Crippen LogP contribution in [0.5, 0.6) is 5.75 Å². The van der Waals surface area contributed by atoms with Crippen molar-refractivity contribution in [3.8, 4) is 11.8 Å². The molecule has 34 heavy (non-hydrogen) atoms. The van der Waals surface area contributed by atoms with Crippen LogP contribution in [0.25, 0.3) is 5.57 Å². The quantitative estimate of drug-likeness (QED) is 0.629. The Morgan fingerprint density at radius 2 is 2.00 bits per heavy atom. The Hall–Kier alpha value is -3.38. The summed E-state index contributed by atoms with van der Waals surface area (Å²) in [4.78, 5) is 26.6. The molecule has 2 aliphatic rings. The minimum absolute atomic E-state index is 0.0295. The van der Waals surface area contributed by atoms with Crippen molar-refractivity contribution >= 4 is 29.0 Å². The first kappa shape index (κ1) is 23.8. The summed E-state index contributed by atoms with van der Waals surface area (Å²) in [5.74, 6) is -0.116. The number of carbonyl (C=O) groups excluding carboxylic acids is 2. The SMILES string of the molecule is N#Cc1ccc(OC2CCN(C[C@H](O)CNC(=O)C3=C[N]C(=O)c4ccccc43)CC2)cc1Cl. The number of rotatable bonds is 7. The molecule has 0 aliphatic carbocycles. The molecule has 2 aromatic carbocycles. The third kappa shape index (κ3) is 5.57. The second-order valence-electron chi connectivity index (χ2n) is 8.26. The number of nitrogens with zero attached hydrogens (tertiary/aromatic N) is 3. The van der Waals surface area contributed by atoms with Gasteiger partial charge in [0.15, 0.2) is 0 Å². The summed E-state index contributed by atoms with van der Waals surface area (Å²) in [6.07, 6.45) is 2.14. The molecule has 0 unspecified atom stereocenters. The van der Waals surface area contributed by atoms with Gasteiger partial charge in [0, 0.05) is 49.6 Å². The number of hydrogen-bond donors (Lipinski definition) is 2. The van der Waals surface area contributed by atoms with E-state index in [4.69, 9.17) is 21.6 Å². The van der Waals surface area contributed by atoms with E-state index < -0.39 is 6.10 Å². The number of benzene rings is 2.